The second-order valence-electron chi connectivity index (χ2n) is 8.65. The van der Waals surface area contributed by atoms with Crippen molar-refractivity contribution in [3.05, 3.63) is 64.4 Å². The van der Waals surface area contributed by atoms with Crippen LogP contribution < -0.4 is 10.5 Å². The molecule has 5 heterocycles. The summed E-state index contributed by atoms with van der Waals surface area (Å²) < 4.78 is 9.97. The summed E-state index contributed by atoms with van der Waals surface area (Å²) in [6.07, 6.45) is 3.07. The third kappa shape index (κ3) is 2.65. The smallest absolute Gasteiger partial charge is 0.280 e. The van der Waals surface area contributed by atoms with E-state index in [1.54, 1.807) is 29.3 Å². The molecule has 2 fully saturated rings. The molecule has 0 radical (unpaired) electrons. The van der Waals surface area contributed by atoms with E-state index >= 15 is 0 Å². The first-order valence-electron chi connectivity index (χ1n) is 10.6. The average Bonchev–Trinajstić information content (AvgIpc) is 3.38. The van der Waals surface area contributed by atoms with Crippen molar-refractivity contribution in [1.29, 1.82) is 0 Å². The third-order valence-corrected chi connectivity index (χ3v) is 7.68. The lowest BCUT2D eigenvalue weighted by molar-refractivity contribution is 0.363. The Kier molecular flexibility index (Phi) is 3.67. The van der Waals surface area contributed by atoms with Gasteiger partial charge in [-0.05, 0) is 46.9 Å². The molecule has 1 aromatic carbocycles. The molecular weight excluding hydrogens is 426 g/mol. The van der Waals surface area contributed by atoms with Gasteiger partial charge in [0.1, 0.15) is 12.9 Å². The minimum atomic E-state index is -0.170. The second kappa shape index (κ2) is 6.49. The monoisotopic (exact) mass is 445 g/mol. The Balaban J connectivity index is 1.07. The third-order valence-electron chi connectivity index (χ3n) is 6.78. The van der Waals surface area contributed by atoms with Crippen LogP contribution in [0.4, 0.5) is 5.69 Å². The SMILES string of the molecule is Cn1cnc2ncn(Cc3nc(C4[C@H]5CN(c6ccc7sccc7c6)C[C@@H]45)no3)c(=O)c21. The summed E-state index contributed by atoms with van der Waals surface area (Å²) >= 11 is 1.78. The molecule has 4 aromatic heterocycles. The van der Waals surface area contributed by atoms with Gasteiger partial charge in [0.2, 0.25) is 5.89 Å². The van der Waals surface area contributed by atoms with Gasteiger partial charge in [-0.25, -0.2) is 9.97 Å². The molecule has 160 valence electrons. The fourth-order valence-electron chi connectivity index (χ4n) is 5.07. The molecule has 1 saturated heterocycles. The van der Waals surface area contributed by atoms with Crippen LogP contribution in [-0.2, 0) is 13.6 Å². The number of nitrogens with zero attached hydrogens (tertiary/aromatic N) is 7. The van der Waals surface area contributed by atoms with Gasteiger partial charge in [0.15, 0.2) is 17.0 Å². The number of hydrogen-bond donors (Lipinski definition) is 0. The van der Waals surface area contributed by atoms with Crippen LogP contribution >= 0.6 is 11.3 Å². The first kappa shape index (κ1) is 18.1. The van der Waals surface area contributed by atoms with Gasteiger partial charge in [0, 0.05) is 36.4 Å². The van der Waals surface area contributed by atoms with E-state index in [-0.39, 0.29) is 12.1 Å². The van der Waals surface area contributed by atoms with E-state index in [0.717, 1.165) is 18.9 Å². The maximum absolute atomic E-state index is 12.7. The lowest BCUT2D eigenvalue weighted by Crippen LogP contribution is -2.23. The zero-order valence-corrected chi connectivity index (χ0v) is 18.1. The number of rotatable bonds is 4. The molecule has 10 heteroatoms. The van der Waals surface area contributed by atoms with Gasteiger partial charge in [-0.1, -0.05) is 5.16 Å². The van der Waals surface area contributed by atoms with E-state index in [4.69, 9.17) is 4.52 Å². The van der Waals surface area contributed by atoms with Gasteiger partial charge in [0.05, 0.1) is 6.33 Å². The van der Waals surface area contributed by atoms with Crippen molar-refractivity contribution in [3.63, 3.8) is 0 Å². The van der Waals surface area contributed by atoms with Gasteiger partial charge < -0.3 is 14.0 Å². The molecule has 0 spiro atoms. The fourth-order valence-corrected chi connectivity index (χ4v) is 5.84. The maximum Gasteiger partial charge on any atom is 0.280 e. The molecule has 0 bridgehead atoms. The summed E-state index contributed by atoms with van der Waals surface area (Å²) in [7, 11) is 1.78. The Morgan fingerprint density at radius 1 is 1.16 bits per heavy atom. The molecule has 7 rings (SSSR count). The highest BCUT2D eigenvalue weighted by Gasteiger charge is 2.58. The van der Waals surface area contributed by atoms with Crippen molar-refractivity contribution in [2.24, 2.45) is 18.9 Å². The molecule has 9 nitrogen and oxygen atoms in total. The fraction of sp³-hybridized carbons (Fsp3) is 0.318. The Morgan fingerprint density at radius 2 is 2.00 bits per heavy atom. The Morgan fingerprint density at radius 3 is 2.88 bits per heavy atom. The molecular formula is C22H19N7O2S. The second-order valence-corrected chi connectivity index (χ2v) is 9.60. The lowest BCUT2D eigenvalue weighted by atomic mass is 10.2. The first-order chi connectivity index (χ1) is 15.7. The van der Waals surface area contributed by atoms with Crippen LogP contribution in [0.2, 0.25) is 0 Å². The number of aromatic nitrogens is 6. The molecule has 32 heavy (non-hydrogen) atoms. The van der Waals surface area contributed by atoms with Gasteiger partial charge in [-0.2, -0.15) is 4.98 Å². The zero-order chi connectivity index (χ0) is 21.4. The van der Waals surface area contributed by atoms with Crippen molar-refractivity contribution in [1.82, 2.24) is 29.2 Å². The number of anilines is 1. The van der Waals surface area contributed by atoms with Gasteiger partial charge >= 0.3 is 0 Å². The van der Waals surface area contributed by atoms with Crippen molar-refractivity contribution in [2.75, 3.05) is 18.0 Å². The number of fused-ring (bicyclic) bond motifs is 3. The van der Waals surface area contributed by atoms with Crippen LogP contribution in [-0.4, -0.2) is 42.3 Å². The lowest BCUT2D eigenvalue weighted by Gasteiger charge is -2.21. The molecule has 1 unspecified atom stereocenters. The highest BCUT2D eigenvalue weighted by Crippen LogP contribution is 2.58. The van der Waals surface area contributed by atoms with E-state index in [1.807, 2.05) is 0 Å². The van der Waals surface area contributed by atoms with Crippen LogP contribution in [0.3, 0.4) is 0 Å². The first-order valence-corrected chi connectivity index (χ1v) is 11.4. The Bertz CT molecular complexity index is 1530. The van der Waals surface area contributed by atoms with E-state index in [2.05, 4.69) is 54.7 Å². The van der Waals surface area contributed by atoms with Crippen LogP contribution in [0.25, 0.3) is 21.3 Å². The average molecular weight is 446 g/mol. The van der Waals surface area contributed by atoms with Gasteiger partial charge in [-0.3, -0.25) is 9.36 Å². The van der Waals surface area contributed by atoms with E-state index in [1.165, 1.54) is 26.7 Å². The van der Waals surface area contributed by atoms with Crippen molar-refractivity contribution >= 4 is 38.3 Å². The molecule has 1 saturated carbocycles. The maximum atomic E-state index is 12.7. The number of aryl methyl sites for hydroxylation is 1. The molecule has 2 aliphatic rings. The standard InChI is InChI=1S/C22H19N7O2S/c1-27-10-23-21-19(27)22(30)29(11-24-21)9-17-25-20(26-31-17)18-14-7-28(8-15(14)18)13-2-3-16-12(6-13)4-5-32-16/h2-6,10-11,14-15,18H,7-9H2,1H3/t14-,15+,18?. The van der Waals surface area contributed by atoms with Gasteiger partial charge in [0.25, 0.3) is 5.56 Å². The normalized spacial score (nSPS) is 22.2. The summed E-state index contributed by atoms with van der Waals surface area (Å²) in [4.78, 5) is 28.2. The number of piperidine rings is 1. The predicted molar refractivity (Wildman–Crippen MR) is 120 cm³/mol. The van der Waals surface area contributed by atoms with Crippen LogP contribution in [0.1, 0.15) is 17.6 Å². The highest BCUT2D eigenvalue weighted by atomic mass is 32.1. The molecule has 3 atom stereocenters. The van der Waals surface area contributed by atoms with Crippen molar-refractivity contribution in [3.8, 4) is 0 Å². The highest BCUT2D eigenvalue weighted by molar-refractivity contribution is 7.17. The van der Waals surface area contributed by atoms with Crippen LogP contribution in [0.15, 0.2) is 51.6 Å². The summed E-state index contributed by atoms with van der Waals surface area (Å²) in [5.41, 5.74) is 2.02. The van der Waals surface area contributed by atoms with Crippen LogP contribution in [0.5, 0.6) is 0 Å². The summed E-state index contributed by atoms with van der Waals surface area (Å²) in [5, 5.41) is 7.68. The number of imidazole rings is 1. The van der Waals surface area contributed by atoms with Crippen molar-refractivity contribution < 1.29 is 4.52 Å². The quantitative estimate of drug-likeness (QED) is 0.420. The molecule has 5 aromatic rings. The largest absolute Gasteiger partial charge is 0.371 e. The van der Waals surface area contributed by atoms with E-state index in [0.29, 0.717) is 34.8 Å². The predicted octanol–water partition coefficient (Wildman–Crippen LogP) is 2.63. The Labute approximate surface area is 185 Å². The molecule has 1 aliphatic heterocycles. The Hall–Kier alpha value is -3.53. The minimum absolute atomic E-state index is 0.170. The van der Waals surface area contributed by atoms with Crippen molar-refractivity contribution in [2.45, 2.75) is 12.5 Å². The zero-order valence-electron chi connectivity index (χ0n) is 17.3. The molecule has 1 aliphatic carbocycles. The summed E-state index contributed by atoms with van der Waals surface area (Å²) in [5.74, 6) is 2.62. The van der Waals surface area contributed by atoms with E-state index in [9.17, 15) is 4.79 Å². The number of benzene rings is 1. The van der Waals surface area contributed by atoms with E-state index < -0.39 is 0 Å². The summed E-state index contributed by atoms with van der Waals surface area (Å²) in [6.45, 7) is 2.22. The molecule has 0 amide bonds. The minimum Gasteiger partial charge on any atom is -0.371 e. The number of hydrogen-bond acceptors (Lipinski definition) is 8. The van der Waals surface area contributed by atoms with Crippen LogP contribution in [0, 0.1) is 11.8 Å². The summed E-state index contributed by atoms with van der Waals surface area (Å²) in [6, 6.07) is 8.89. The topological polar surface area (TPSA) is 94.9 Å². The molecule has 0 N–H and O–H groups in total. The number of thiophene rings is 1. The van der Waals surface area contributed by atoms with Gasteiger partial charge in [-0.15, -0.1) is 11.3 Å².